The maximum atomic E-state index is 3.90. The molecule has 0 aliphatic carbocycles. The number of aromatic nitrogens is 2. The first-order chi connectivity index (χ1) is 25.8. The van der Waals surface area contributed by atoms with Crippen molar-refractivity contribution < 1.29 is 0 Å². The average Bonchev–Trinajstić information content (AvgIpc) is 3.86. The molecule has 0 fully saturated rings. The number of anilines is 2. The zero-order chi connectivity index (χ0) is 34.2. The van der Waals surface area contributed by atoms with Gasteiger partial charge in [0.25, 0.3) is 0 Å². The minimum atomic E-state index is 1.06. The Kier molecular flexibility index (Phi) is 6.42. The number of thiophene rings is 1. The average molecular weight is 682 g/mol. The second-order valence-corrected chi connectivity index (χ2v) is 14.4. The molecule has 11 aromatic rings. The Morgan fingerprint density at radius 1 is 0.385 bits per heavy atom. The van der Waals surface area contributed by atoms with Crippen LogP contribution in [-0.2, 0) is 0 Å². The molecule has 4 heteroatoms. The molecule has 0 saturated carbocycles. The van der Waals surface area contributed by atoms with Crippen LogP contribution in [0.25, 0.3) is 86.3 Å². The maximum absolute atomic E-state index is 3.90. The van der Waals surface area contributed by atoms with Crippen LogP contribution in [0.2, 0.25) is 0 Å². The Morgan fingerprint density at radius 2 is 0.923 bits per heavy atom. The van der Waals surface area contributed by atoms with Gasteiger partial charge in [-0.25, -0.2) is 0 Å². The van der Waals surface area contributed by atoms with E-state index in [0.717, 1.165) is 17.1 Å². The zero-order valence-corrected chi connectivity index (χ0v) is 28.9. The van der Waals surface area contributed by atoms with Gasteiger partial charge in [0.1, 0.15) is 0 Å². The van der Waals surface area contributed by atoms with Crippen LogP contribution in [0.3, 0.4) is 0 Å². The van der Waals surface area contributed by atoms with Crippen molar-refractivity contribution in [2.75, 3.05) is 5.32 Å². The van der Waals surface area contributed by atoms with Gasteiger partial charge in [0.05, 0.1) is 22.1 Å². The van der Waals surface area contributed by atoms with Crippen LogP contribution >= 0.6 is 11.3 Å². The fraction of sp³-hybridized carbons (Fsp3) is 0. The lowest BCUT2D eigenvalue weighted by atomic mass is 9.99. The summed E-state index contributed by atoms with van der Waals surface area (Å²) in [6, 6.07) is 65.7. The lowest BCUT2D eigenvalue weighted by molar-refractivity contribution is 1.18. The van der Waals surface area contributed by atoms with Crippen molar-refractivity contribution in [3.8, 4) is 22.5 Å². The molecule has 0 saturated heterocycles. The van der Waals surface area contributed by atoms with Crippen molar-refractivity contribution in [1.82, 2.24) is 9.13 Å². The van der Waals surface area contributed by atoms with Crippen LogP contribution in [0.15, 0.2) is 182 Å². The number of nitrogens with one attached hydrogen (secondary N) is 1. The highest BCUT2D eigenvalue weighted by atomic mass is 32.1. The predicted octanol–water partition coefficient (Wildman–Crippen LogP) is 13.7. The van der Waals surface area contributed by atoms with Gasteiger partial charge in [0.15, 0.2) is 0 Å². The van der Waals surface area contributed by atoms with Gasteiger partial charge in [-0.05, 0) is 72.3 Å². The van der Waals surface area contributed by atoms with Gasteiger partial charge in [0.2, 0.25) is 0 Å². The van der Waals surface area contributed by atoms with E-state index in [4.69, 9.17) is 0 Å². The van der Waals surface area contributed by atoms with Crippen molar-refractivity contribution in [2.24, 2.45) is 0 Å². The Hall–Kier alpha value is -6.62. The molecule has 0 atom stereocenters. The van der Waals surface area contributed by atoms with Gasteiger partial charge in [-0.15, -0.1) is 11.3 Å². The monoisotopic (exact) mass is 681 g/mol. The third kappa shape index (κ3) is 4.31. The first-order valence-corrected chi connectivity index (χ1v) is 18.5. The third-order valence-electron chi connectivity index (χ3n) is 10.5. The molecule has 1 N–H and O–H groups in total. The number of hydrogen-bond acceptors (Lipinski definition) is 2. The Balaban J connectivity index is 1.13. The number of hydrogen-bond donors (Lipinski definition) is 1. The molecule has 52 heavy (non-hydrogen) atoms. The first-order valence-electron chi connectivity index (χ1n) is 17.7. The summed E-state index contributed by atoms with van der Waals surface area (Å²) in [6.45, 7) is 0. The van der Waals surface area contributed by atoms with Crippen LogP contribution in [0.4, 0.5) is 11.4 Å². The van der Waals surface area contributed by atoms with E-state index in [2.05, 4.69) is 196 Å². The smallest absolute Gasteiger partial charge is 0.0555 e. The van der Waals surface area contributed by atoms with Crippen molar-refractivity contribution in [3.63, 3.8) is 0 Å². The summed E-state index contributed by atoms with van der Waals surface area (Å²) >= 11 is 1.91. The van der Waals surface area contributed by atoms with Gasteiger partial charge in [-0.2, -0.15) is 0 Å². The van der Waals surface area contributed by atoms with E-state index < -0.39 is 0 Å². The Morgan fingerprint density at radius 3 is 1.65 bits per heavy atom. The van der Waals surface area contributed by atoms with Crippen molar-refractivity contribution in [2.45, 2.75) is 0 Å². The number of rotatable bonds is 5. The van der Waals surface area contributed by atoms with Crippen molar-refractivity contribution in [1.29, 1.82) is 0 Å². The van der Waals surface area contributed by atoms with Crippen LogP contribution in [0.5, 0.6) is 0 Å². The van der Waals surface area contributed by atoms with E-state index in [0.29, 0.717) is 0 Å². The van der Waals surface area contributed by atoms with E-state index >= 15 is 0 Å². The highest BCUT2D eigenvalue weighted by Gasteiger charge is 2.21. The summed E-state index contributed by atoms with van der Waals surface area (Å²) in [5.41, 5.74) is 11.8. The highest BCUT2D eigenvalue weighted by Crippen LogP contribution is 2.48. The summed E-state index contributed by atoms with van der Waals surface area (Å²) in [5, 5.41) is 11.5. The van der Waals surface area contributed by atoms with Crippen LogP contribution in [-0.4, -0.2) is 9.13 Å². The number of para-hydroxylation sites is 4. The fourth-order valence-electron chi connectivity index (χ4n) is 8.26. The summed E-state index contributed by atoms with van der Waals surface area (Å²) in [6.07, 6.45) is 0. The number of nitrogens with zero attached hydrogens (tertiary/aromatic N) is 2. The van der Waals surface area contributed by atoms with Crippen LogP contribution < -0.4 is 5.32 Å². The largest absolute Gasteiger partial charge is 0.355 e. The third-order valence-corrected chi connectivity index (χ3v) is 11.7. The second-order valence-electron chi connectivity index (χ2n) is 13.4. The minimum Gasteiger partial charge on any atom is -0.355 e. The number of fused-ring (bicyclic) bond motifs is 10. The van der Waals surface area contributed by atoms with Gasteiger partial charge in [-0.1, -0.05) is 115 Å². The quantitative estimate of drug-likeness (QED) is 0.192. The molecule has 0 bridgehead atoms. The van der Waals surface area contributed by atoms with Gasteiger partial charge >= 0.3 is 0 Å². The van der Waals surface area contributed by atoms with E-state index in [-0.39, 0.29) is 0 Å². The van der Waals surface area contributed by atoms with E-state index in [9.17, 15) is 0 Å². The molecule has 244 valence electrons. The summed E-state index contributed by atoms with van der Waals surface area (Å²) in [4.78, 5) is 0. The fourth-order valence-corrected chi connectivity index (χ4v) is 9.69. The molecular weight excluding hydrogens is 651 g/mol. The van der Waals surface area contributed by atoms with Crippen molar-refractivity contribution in [3.05, 3.63) is 182 Å². The van der Waals surface area contributed by atoms with Crippen LogP contribution in [0.1, 0.15) is 0 Å². The molecule has 0 unspecified atom stereocenters. The molecule has 0 spiro atoms. The normalized spacial score (nSPS) is 11.8. The molecule has 0 radical (unpaired) electrons. The van der Waals surface area contributed by atoms with Gasteiger partial charge in [-0.3, -0.25) is 0 Å². The molecule has 3 aromatic heterocycles. The molecule has 0 aliphatic heterocycles. The molecule has 11 rings (SSSR count). The Labute approximate surface area is 304 Å². The summed E-state index contributed by atoms with van der Waals surface area (Å²) in [7, 11) is 0. The first kappa shape index (κ1) is 29.1. The summed E-state index contributed by atoms with van der Waals surface area (Å²) in [5.74, 6) is 0. The molecule has 0 aliphatic rings. The van der Waals surface area contributed by atoms with Crippen molar-refractivity contribution >= 4 is 86.5 Å². The number of benzene rings is 8. The van der Waals surface area contributed by atoms with E-state index in [1.54, 1.807) is 0 Å². The van der Waals surface area contributed by atoms with E-state index in [1.165, 1.54) is 80.6 Å². The zero-order valence-electron chi connectivity index (χ0n) is 28.1. The Bertz CT molecular complexity index is 3130. The molecule has 3 heterocycles. The van der Waals surface area contributed by atoms with E-state index in [1.807, 2.05) is 11.3 Å². The highest BCUT2D eigenvalue weighted by molar-refractivity contribution is 7.27. The summed E-state index contributed by atoms with van der Waals surface area (Å²) < 4.78 is 7.38. The molecule has 8 aromatic carbocycles. The lowest BCUT2D eigenvalue weighted by Crippen LogP contribution is -1.95. The topological polar surface area (TPSA) is 21.9 Å². The predicted molar refractivity (Wildman–Crippen MR) is 223 cm³/mol. The standard InChI is InChI=1S/C48H31N3S/c1-4-14-31(15-5-1)45-40(49-32-24-28-43-39(30-32)35-20-10-12-22-41(35)50(43)33-16-6-2-7-17-33)27-25-36-37-26-29-44-46(48(37)52-47(36)45)38-21-11-13-23-42(38)51(44)34-18-8-3-9-19-34/h1-30,49H. The maximum Gasteiger partial charge on any atom is 0.0555 e. The molecule has 0 amide bonds. The minimum absolute atomic E-state index is 1.06. The molecule has 3 nitrogen and oxygen atoms in total. The lowest BCUT2D eigenvalue weighted by Gasteiger charge is -2.14. The van der Waals surface area contributed by atoms with Gasteiger partial charge < -0.3 is 14.5 Å². The SMILES string of the molecule is c1ccc(-c2c(Nc3ccc4c(c3)c3ccccc3n4-c3ccccc3)ccc3c2sc2c3ccc3c2c2ccccc2n3-c2ccccc2)cc1. The van der Waals surface area contributed by atoms with Gasteiger partial charge in [0, 0.05) is 70.0 Å². The van der Waals surface area contributed by atoms with Crippen LogP contribution in [0, 0.1) is 0 Å². The second kappa shape index (κ2) is 11.5. The molecular formula is C48H31N3S.